The van der Waals surface area contributed by atoms with Crippen LogP contribution >= 0.6 is 0 Å². The summed E-state index contributed by atoms with van der Waals surface area (Å²) in [6.45, 7) is 0. The van der Waals surface area contributed by atoms with Crippen molar-refractivity contribution in [2.24, 2.45) is 0 Å². The predicted octanol–water partition coefficient (Wildman–Crippen LogP) is -0.285. The summed E-state index contributed by atoms with van der Waals surface area (Å²) in [5.74, 6) is 0. The summed E-state index contributed by atoms with van der Waals surface area (Å²) < 4.78 is 0. The number of hydrogen-bond acceptors (Lipinski definition) is 2. The molecule has 1 heterocycles. The zero-order valence-electron chi connectivity index (χ0n) is 5.20. The molecule has 1 aromatic heterocycles. The van der Waals surface area contributed by atoms with E-state index in [1.165, 1.54) is 6.33 Å². The van der Waals surface area contributed by atoms with Gasteiger partial charge in [0.15, 0.2) is 0 Å². The maximum absolute atomic E-state index is 3.67. The Balaban J connectivity index is 0. The van der Waals surface area contributed by atoms with E-state index in [4.69, 9.17) is 0 Å². The first-order valence-electron chi connectivity index (χ1n) is 1.70. The fourth-order valence-electron chi connectivity index (χ4n) is 0.253. The van der Waals surface area contributed by atoms with Gasteiger partial charge >= 0.3 is 0 Å². The molecule has 0 saturated heterocycles. The van der Waals surface area contributed by atoms with Crippen molar-refractivity contribution < 1.29 is 0 Å². The third-order valence-corrected chi connectivity index (χ3v) is 0.478. The fraction of sp³-hybridized carbons (Fsp3) is 0. The van der Waals surface area contributed by atoms with Gasteiger partial charge in [0.2, 0.25) is 0 Å². The van der Waals surface area contributed by atoms with E-state index in [1.807, 2.05) is 0 Å². The van der Waals surface area contributed by atoms with Gasteiger partial charge in [-0.2, -0.15) is 0 Å². The second kappa shape index (κ2) is 8.08. The maximum atomic E-state index is 3.67. The fourth-order valence-corrected chi connectivity index (χ4v) is 0.253. The summed E-state index contributed by atoms with van der Waals surface area (Å²) in [4.78, 5) is 7.35. The molecule has 0 spiro atoms. The van der Waals surface area contributed by atoms with Gasteiger partial charge in [-0.05, 0) is 6.07 Å². The molecule has 0 atom stereocenters. The molecule has 2 radical (unpaired) electrons. The molecule has 0 aliphatic heterocycles. The van der Waals surface area contributed by atoms with Crippen molar-refractivity contribution in [1.82, 2.24) is 9.97 Å². The van der Waals surface area contributed by atoms with Crippen LogP contribution in [0.5, 0.6) is 0 Å². The van der Waals surface area contributed by atoms with Crippen molar-refractivity contribution in [2.75, 3.05) is 0 Å². The Labute approximate surface area is 92.7 Å². The second-order valence-corrected chi connectivity index (χ2v) is 0.904. The molecule has 0 saturated carbocycles. The third-order valence-electron chi connectivity index (χ3n) is 0.478. The Morgan fingerprint density at radius 3 is 1.50 bits per heavy atom. The van der Waals surface area contributed by atoms with Crippen LogP contribution in [0.15, 0.2) is 24.8 Å². The van der Waals surface area contributed by atoms with Crippen LogP contribution < -0.4 is 0 Å². The predicted molar refractivity (Wildman–Crippen MR) is 33.5 cm³/mol. The first-order valence-corrected chi connectivity index (χ1v) is 1.70. The number of rotatable bonds is 0. The molecule has 1 aromatic rings. The van der Waals surface area contributed by atoms with Crippen LogP contribution in [0.1, 0.15) is 0 Å². The van der Waals surface area contributed by atoms with E-state index >= 15 is 0 Å². The minimum absolute atomic E-state index is 0. The van der Waals surface area contributed by atoms with E-state index in [9.17, 15) is 0 Å². The minimum atomic E-state index is 0. The summed E-state index contributed by atoms with van der Waals surface area (Å²) in [6.07, 6.45) is 4.88. The molecule has 8 heavy (non-hydrogen) atoms. The van der Waals surface area contributed by atoms with Gasteiger partial charge in [0.05, 0.1) is 0 Å². The smallest absolute Gasteiger partial charge is 0.115 e. The Hall–Kier alpha value is 1.08. The molecule has 4 heteroatoms. The molecular weight excluding hydrogens is 122 g/mol. The van der Waals surface area contributed by atoms with E-state index in [-0.39, 0.29) is 59.1 Å². The normalized spacial score (nSPS) is 6.00. The first-order chi connectivity index (χ1) is 3.00. The van der Waals surface area contributed by atoms with Crippen LogP contribution in [0.25, 0.3) is 0 Å². The molecule has 0 N–H and O–H groups in total. The van der Waals surface area contributed by atoms with Crippen LogP contribution in [0, 0.1) is 0 Å². The summed E-state index contributed by atoms with van der Waals surface area (Å²) in [5.41, 5.74) is 0. The topological polar surface area (TPSA) is 25.8 Å². The van der Waals surface area contributed by atoms with Crippen molar-refractivity contribution >= 4 is 59.1 Å². The largest absolute Gasteiger partial charge is 0.245 e. The zero-order chi connectivity index (χ0) is 4.24. The summed E-state index contributed by atoms with van der Waals surface area (Å²) in [5, 5.41) is 0. The molecule has 32 valence electrons. The van der Waals surface area contributed by atoms with E-state index in [2.05, 4.69) is 9.97 Å². The summed E-state index contributed by atoms with van der Waals surface area (Å²) in [7, 11) is 0. The zero-order valence-corrected chi connectivity index (χ0v) is 9.20. The maximum Gasteiger partial charge on any atom is 0.115 e. The quantitative estimate of drug-likeness (QED) is 0.446. The van der Waals surface area contributed by atoms with Gasteiger partial charge in [-0.15, -0.1) is 0 Å². The van der Waals surface area contributed by atoms with E-state index in [1.54, 1.807) is 18.5 Å². The first kappa shape index (κ1) is 11.8. The van der Waals surface area contributed by atoms with Gasteiger partial charge in [0.25, 0.3) is 0 Å². The molecule has 0 unspecified atom stereocenters. The Bertz CT molecular complexity index is 84.0. The van der Waals surface area contributed by atoms with Crippen molar-refractivity contribution in [3.8, 4) is 0 Å². The Morgan fingerprint density at radius 1 is 0.875 bits per heavy atom. The van der Waals surface area contributed by atoms with E-state index < -0.39 is 0 Å². The third kappa shape index (κ3) is 5.22. The molecule has 2 nitrogen and oxygen atoms in total. The van der Waals surface area contributed by atoms with Crippen molar-refractivity contribution in [3.05, 3.63) is 24.8 Å². The molecule has 0 aromatic carbocycles. The number of aromatic nitrogens is 2. The number of nitrogens with zero attached hydrogens (tertiary/aromatic N) is 2. The molecule has 0 aliphatic carbocycles. The average Bonchev–Trinajstić information content (AvgIpc) is 1.72. The van der Waals surface area contributed by atoms with Crippen molar-refractivity contribution in [2.45, 2.75) is 0 Å². The SMILES string of the molecule is [Na].[Na].c1cncnc1. The van der Waals surface area contributed by atoms with Crippen LogP contribution in [0.4, 0.5) is 0 Å². The number of hydrogen-bond donors (Lipinski definition) is 0. The molecular formula is C4H4N2Na2. The van der Waals surface area contributed by atoms with Crippen molar-refractivity contribution in [1.29, 1.82) is 0 Å². The second-order valence-electron chi connectivity index (χ2n) is 0.904. The van der Waals surface area contributed by atoms with Gasteiger partial charge < -0.3 is 0 Å². The van der Waals surface area contributed by atoms with E-state index in [0.717, 1.165) is 0 Å². The monoisotopic (exact) mass is 126 g/mol. The van der Waals surface area contributed by atoms with Gasteiger partial charge in [0, 0.05) is 71.5 Å². The van der Waals surface area contributed by atoms with Crippen molar-refractivity contribution in [3.63, 3.8) is 0 Å². The molecule has 0 fully saturated rings. The van der Waals surface area contributed by atoms with Crippen LogP contribution in [0.2, 0.25) is 0 Å². The minimum Gasteiger partial charge on any atom is -0.245 e. The van der Waals surface area contributed by atoms with Crippen LogP contribution in [0.3, 0.4) is 0 Å². The molecule has 1 rings (SSSR count). The van der Waals surface area contributed by atoms with Gasteiger partial charge in [0.1, 0.15) is 6.33 Å². The van der Waals surface area contributed by atoms with Gasteiger partial charge in [-0.1, -0.05) is 0 Å². The Morgan fingerprint density at radius 2 is 1.38 bits per heavy atom. The average molecular weight is 126 g/mol. The summed E-state index contributed by atoms with van der Waals surface area (Å²) >= 11 is 0. The van der Waals surface area contributed by atoms with E-state index in [0.29, 0.717) is 0 Å². The summed E-state index contributed by atoms with van der Waals surface area (Å²) in [6, 6.07) is 1.78. The van der Waals surface area contributed by atoms with Crippen LogP contribution in [-0.4, -0.2) is 69.1 Å². The van der Waals surface area contributed by atoms with Gasteiger partial charge in [-0.25, -0.2) is 9.97 Å². The molecule has 0 aliphatic rings. The molecule has 0 bridgehead atoms. The Kier molecular flexibility index (Phi) is 11.9. The standard InChI is InChI=1S/C4H4N2.2Na/c1-2-5-4-6-3-1;;/h1-4H;;. The van der Waals surface area contributed by atoms with Crippen LogP contribution in [-0.2, 0) is 0 Å². The molecule has 0 amide bonds. The van der Waals surface area contributed by atoms with Gasteiger partial charge in [-0.3, -0.25) is 0 Å².